The highest BCUT2D eigenvalue weighted by molar-refractivity contribution is 6.12. The highest BCUT2D eigenvalue weighted by atomic mass is 16.4. The molecule has 19 heavy (non-hydrogen) atoms. The monoisotopic (exact) mass is 263 g/mol. The third kappa shape index (κ3) is 1.95. The quantitative estimate of drug-likeness (QED) is 0.668. The van der Waals surface area contributed by atoms with E-state index in [1.807, 2.05) is 0 Å². The molecule has 1 N–H and O–H groups in total. The highest BCUT2D eigenvalue weighted by Gasteiger charge is 2.36. The molecule has 6 heteroatoms. The zero-order valence-electron chi connectivity index (χ0n) is 10.8. The first-order valence-corrected chi connectivity index (χ1v) is 5.63. The molecule has 0 aliphatic heterocycles. The van der Waals surface area contributed by atoms with Gasteiger partial charge in [0.05, 0.1) is 5.52 Å². The van der Waals surface area contributed by atoms with E-state index in [0.29, 0.717) is 5.52 Å². The average Bonchev–Trinajstić information content (AvgIpc) is 2.63. The zero-order chi connectivity index (χ0) is 14.4. The predicted octanol–water partition coefficient (Wildman–Crippen LogP) is 1.43. The number of carboxylic acids is 1. The summed E-state index contributed by atoms with van der Waals surface area (Å²) in [5.41, 5.74) is -0.508. The molecule has 1 heterocycles. The number of hydrogen-bond acceptors (Lipinski definition) is 4. The van der Waals surface area contributed by atoms with Crippen LogP contribution in [0.25, 0.3) is 11.1 Å². The van der Waals surface area contributed by atoms with Gasteiger partial charge in [0.1, 0.15) is 5.41 Å². The number of hydrogen-bond donors (Lipinski definition) is 1. The number of carbonyl (C=O) groups excluding carboxylic acids is 1. The van der Waals surface area contributed by atoms with Crippen LogP contribution in [0.1, 0.15) is 24.2 Å². The second-order valence-corrected chi connectivity index (χ2v) is 4.87. The minimum absolute atomic E-state index is 0.203. The van der Waals surface area contributed by atoms with Gasteiger partial charge in [0, 0.05) is 12.6 Å². The van der Waals surface area contributed by atoms with E-state index in [1.54, 1.807) is 13.1 Å². The number of Topliss-reactive ketones (excluding diaryl/α,β-unsaturated/α-hetero) is 1. The van der Waals surface area contributed by atoms with Crippen LogP contribution >= 0.6 is 0 Å². The Bertz CT molecular complexity index is 735. The number of aryl methyl sites for hydroxylation is 1. The van der Waals surface area contributed by atoms with Crippen LogP contribution in [-0.4, -0.2) is 21.4 Å². The third-order valence-corrected chi connectivity index (χ3v) is 3.16. The Morgan fingerprint density at radius 2 is 1.95 bits per heavy atom. The van der Waals surface area contributed by atoms with Crippen molar-refractivity contribution in [2.75, 3.05) is 0 Å². The number of oxazole rings is 1. The van der Waals surface area contributed by atoms with Crippen LogP contribution in [-0.2, 0) is 11.8 Å². The second-order valence-electron chi connectivity index (χ2n) is 4.87. The fourth-order valence-corrected chi connectivity index (χ4v) is 1.73. The number of aliphatic carboxylic acids is 1. The van der Waals surface area contributed by atoms with Gasteiger partial charge in [0.25, 0.3) is 0 Å². The third-order valence-electron chi connectivity index (χ3n) is 3.16. The molecular formula is C13H13NO5. The van der Waals surface area contributed by atoms with Crippen molar-refractivity contribution in [1.29, 1.82) is 0 Å². The number of carboxylic acid groups (broad SMARTS) is 1. The summed E-state index contributed by atoms with van der Waals surface area (Å²) in [4.78, 5) is 34.5. The van der Waals surface area contributed by atoms with Gasteiger partial charge in [-0.05, 0) is 32.0 Å². The van der Waals surface area contributed by atoms with E-state index in [1.165, 1.54) is 30.5 Å². The molecule has 0 bridgehead atoms. The topological polar surface area (TPSA) is 89.5 Å². The summed E-state index contributed by atoms with van der Waals surface area (Å²) in [5.74, 6) is -2.27. The maximum absolute atomic E-state index is 12.1. The van der Waals surface area contributed by atoms with Gasteiger partial charge in [-0.3, -0.25) is 14.2 Å². The molecule has 1 aromatic heterocycles. The Hall–Kier alpha value is -2.37. The Kier molecular flexibility index (Phi) is 2.81. The van der Waals surface area contributed by atoms with Crippen LogP contribution in [0, 0.1) is 5.41 Å². The molecule has 2 aromatic rings. The van der Waals surface area contributed by atoms with Gasteiger partial charge < -0.3 is 9.52 Å². The van der Waals surface area contributed by atoms with E-state index in [0.717, 1.165) is 0 Å². The smallest absolute Gasteiger partial charge is 0.419 e. The number of rotatable bonds is 3. The van der Waals surface area contributed by atoms with Gasteiger partial charge in [0.2, 0.25) is 0 Å². The Morgan fingerprint density at radius 1 is 1.32 bits per heavy atom. The molecule has 2 rings (SSSR count). The van der Waals surface area contributed by atoms with Crippen molar-refractivity contribution >= 4 is 22.9 Å². The molecule has 0 spiro atoms. The lowest BCUT2D eigenvalue weighted by molar-refractivity contribution is -0.144. The predicted molar refractivity (Wildman–Crippen MR) is 67.2 cm³/mol. The molecule has 0 aliphatic carbocycles. The van der Waals surface area contributed by atoms with E-state index < -0.39 is 22.9 Å². The molecular weight excluding hydrogens is 250 g/mol. The normalized spacial score (nSPS) is 11.7. The standard InChI is InChI=1S/C13H13NO5/c1-13(2,11(16)17)10(15)7-4-5-8-9(6-7)19-12(18)14(8)3/h4-6H,1-3H3,(H,16,17). The molecule has 0 saturated heterocycles. The Morgan fingerprint density at radius 3 is 2.53 bits per heavy atom. The van der Waals surface area contributed by atoms with Crippen LogP contribution in [0.15, 0.2) is 27.4 Å². The lowest BCUT2D eigenvalue weighted by Gasteiger charge is -2.17. The molecule has 0 amide bonds. The van der Waals surface area contributed by atoms with Crippen molar-refractivity contribution in [3.8, 4) is 0 Å². The van der Waals surface area contributed by atoms with E-state index >= 15 is 0 Å². The van der Waals surface area contributed by atoms with Crippen molar-refractivity contribution in [2.24, 2.45) is 12.5 Å². The molecule has 0 saturated carbocycles. The SMILES string of the molecule is Cn1c(=O)oc2cc(C(=O)C(C)(C)C(=O)O)ccc21. The van der Waals surface area contributed by atoms with Gasteiger partial charge >= 0.3 is 11.7 Å². The summed E-state index contributed by atoms with van der Waals surface area (Å²) in [6.45, 7) is 2.67. The summed E-state index contributed by atoms with van der Waals surface area (Å²) in [7, 11) is 1.55. The van der Waals surface area contributed by atoms with Crippen molar-refractivity contribution < 1.29 is 19.1 Å². The molecule has 0 fully saturated rings. The minimum Gasteiger partial charge on any atom is -0.481 e. The maximum atomic E-state index is 12.1. The molecule has 100 valence electrons. The summed E-state index contributed by atoms with van der Waals surface area (Å²) < 4.78 is 6.28. The molecule has 6 nitrogen and oxygen atoms in total. The van der Waals surface area contributed by atoms with E-state index in [4.69, 9.17) is 9.52 Å². The first-order valence-electron chi connectivity index (χ1n) is 5.63. The number of ketones is 1. The van der Waals surface area contributed by atoms with E-state index in [-0.39, 0.29) is 11.1 Å². The molecule has 0 aliphatic rings. The van der Waals surface area contributed by atoms with Crippen LogP contribution in [0.2, 0.25) is 0 Å². The van der Waals surface area contributed by atoms with Crippen LogP contribution < -0.4 is 5.76 Å². The number of aromatic nitrogens is 1. The summed E-state index contributed by atoms with van der Waals surface area (Å²) in [6, 6.07) is 4.44. The lowest BCUT2D eigenvalue weighted by atomic mass is 9.84. The van der Waals surface area contributed by atoms with Gasteiger partial charge in [0.15, 0.2) is 11.4 Å². The minimum atomic E-state index is -1.53. The van der Waals surface area contributed by atoms with E-state index in [9.17, 15) is 14.4 Å². The lowest BCUT2D eigenvalue weighted by Crippen LogP contribution is -2.33. The van der Waals surface area contributed by atoms with Gasteiger partial charge in [-0.1, -0.05) is 0 Å². The summed E-state index contributed by atoms with van der Waals surface area (Å²) in [5, 5.41) is 9.04. The fourth-order valence-electron chi connectivity index (χ4n) is 1.73. The highest BCUT2D eigenvalue weighted by Crippen LogP contribution is 2.24. The maximum Gasteiger partial charge on any atom is 0.419 e. The van der Waals surface area contributed by atoms with Crippen molar-refractivity contribution in [1.82, 2.24) is 4.57 Å². The van der Waals surface area contributed by atoms with E-state index in [2.05, 4.69) is 0 Å². The summed E-state index contributed by atoms with van der Waals surface area (Å²) in [6.07, 6.45) is 0. The van der Waals surface area contributed by atoms with Crippen molar-refractivity contribution in [3.63, 3.8) is 0 Å². The molecule has 0 unspecified atom stereocenters. The average molecular weight is 263 g/mol. The zero-order valence-corrected chi connectivity index (χ0v) is 10.8. The van der Waals surface area contributed by atoms with Crippen molar-refractivity contribution in [2.45, 2.75) is 13.8 Å². The largest absolute Gasteiger partial charge is 0.481 e. The Labute approximate surface area is 108 Å². The first kappa shape index (κ1) is 13.1. The van der Waals surface area contributed by atoms with Gasteiger partial charge in [-0.15, -0.1) is 0 Å². The van der Waals surface area contributed by atoms with Crippen molar-refractivity contribution in [3.05, 3.63) is 34.3 Å². The Balaban J connectivity index is 2.56. The van der Waals surface area contributed by atoms with Crippen LogP contribution in [0.5, 0.6) is 0 Å². The number of benzene rings is 1. The fraction of sp³-hybridized carbons (Fsp3) is 0.308. The van der Waals surface area contributed by atoms with Gasteiger partial charge in [-0.25, -0.2) is 4.79 Å². The number of fused-ring (bicyclic) bond motifs is 1. The first-order chi connectivity index (χ1) is 8.75. The van der Waals surface area contributed by atoms with Crippen LogP contribution in [0.3, 0.4) is 0 Å². The molecule has 1 aromatic carbocycles. The number of nitrogens with zero attached hydrogens (tertiary/aromatic N) is 1. The van der Waals surface area contributed by atoms with Gasteiger partial charge in [-0.2, -0.15) is 0 Å². The molecule has 0 radical (unpaired) electrons. The number of carbonyl (C=O) groups is 2. The van der Waals surface area contributed by atoms with Crippen LogP contribution in [0.4, 0.5) is 0 Å². The molecule has 0 atom stereocenters. The second kappa shape index (κ2) is 4.08. The summed E-state index contributed by atoms with van der Waals surface area (Å²) >= 11 is 0.